The Balaban J connectivity index is 1.72. The topological polar surface area (TPSA) is 50.8 Å². The highest BCUT2D eigenvalue weighted by Crippen LogP contribution is 2.18. The Morgan fingerprint density at radius 1 is 1.38 bits per heavy atom. The number of carbonyl (C=O) groups is 1. The Hall–Kier alpha value is -1.43. The summed E-state index contributed by atoms with van der Waals surface area (Å²) in [5.41, 5.74) is 1.71. The monoisotopic (exact) mass is 292 g/mol. The molecule has 0 unspecified atom stereocenters. The lowest BCUT2D eigenvalue weighted by Crippen LogP contribution is -2.41. The van der Waals surface area contributed by atoms with Crippen LogP contribution in [0.3, 0.4) is 0 Å². The van der Waals surface area contributed by atoms with Gasteiger partial charge in [0.25, 0.3) is 0 Å². The Kier molecular flexibility index (Phi) is 6.17. The number of aryl methyl sites for hydroxylation is 1. The summed E-state index contributed by atoms with van der Waals surface area (Å²) in [7, 11) is 1.64. The third kappa shape index (κ3) is 4.81. The van der Waals surface area contributed by atoms with E-state index in [9.17, 15) is 4.79 Å². The number of hydrogen-bond acceptors (Lipinski definition) is 5. The quantitative estimate of drug-likeness (QED) is 0.602. The summed E-state index contributed by atoms with van der Waals surface area (Å²) in [5.74, 6) is 0.926. The molecule has 0 aliphatic carbocycles. The van der Waals surface area contributed by atoms with Crippen LogP contribution in [0.2, 0.25) is 0 Å². The maximum absolute atomic E-state index is 12.1. The number of ketones is 1. The zero-order chi connectivity index (χ0) is 15.1. The Morgan fingerprint density at radius 3 is 2.81 bits per heavy atom. The van der Waals surface area contributed by atoms with Crippen LogP contribution in [0.5, 0.6) is 5.75 Å². The molecule has 0 spiro atoms. The second-order valence-corrected chi connectivity index (χ2v) is 5.24. The van der Waals surface area contributed by atoms with Crippen LogP contribution in [0, 0.1) is 6.92 Å². The molecule has 1 saturated heterocycles. The van der Waals surface area contributed by atoms with Gasteiger partial charge in [-0.2, -0.15) is 0 Å². The molecule has 0 aromatic heterocycles. The summed E-state index contributed by atoms with van der Waals surface area (Å²) >= 11 is 0. The largest absolute Gasteiger partial charge is 0.496 e. The van der Waals surface area contributed by atoms with Gasteiger partial charge in [0.2, 0.25) is 0 Å². The van der Waals surface area contributed by atoms with Gasteiger partial charge in [0.1, 0.15) is 5.75 Å². The molecule has 0 amide bonds. The van der Waals surface area contributed by atoms with Crippen LogP contribution >= 0.6 is 0 Å². The number of Topliss-reactive ketones (excluding diaryl/α,β-unsaturated/α-hetero) is 1. The highest BCUT2D eigenvalue weighted by atomic mass is 16.5. The highest BCUT2D eigenvalue weighted by molar-refractivity contribution is 5.97. The van der Waals surface area contributed by atoms with Crippen LogP contribution in [0.4, 0.5) is 0 Å². The fourth-order valence-corrected chi connectivity index (χ4v) is 2.42. The van der Waals surface area contributed by atoms with Gasteiger partial charge in [-0.25, -0.2) is 0 Å². The molecule has 1 aromatic carbocycles. The molecule has 1 aromatic rings. The molecule has 5 nitrogen and oxygen atoms in total. The molecule has 1 heterocycles. The fraction of sp³-hybridized carbons (Fsp3) is 0.562. The van der Waals surface area contributed by atoms with Crippen molar-refractivity contribution < 1.29 is 14.3 Å². The predicted octanol–water partition coefficient (Wildman–Crippen LogP) is 1.11. The minimum absolute atomic E-state index is 0.114. The van der Waals surface area contributed by atoms with Crippen molar-refractivity contribution in [3.8, 4) is 5.75 Å². The van der Waals surface area contributed by atoms with Crippen LogP contribution in [-0.4, -0.2) is 63.7 Å². The third-order valence-corrected chi connectivity index (χ3v) is 3.71. The summed E-state index contributed by atoms with van der Waals surface area (Å²) in [4.78, 5) is 14.5. The molecule has 116 valence electrons. The van der Waals surface area contributed by atoms with Crippen molar-refractivity contribution in [2.24, 2.45) is 0 Å². The first kappa shape index (κ1) is 15.9. The van der Waals surface area contributed by atoms with Gasteiger partial charge >= 0.3 is 0 Å². The van der Waals surface area contributed by atoms with Crippen molar-refractivity contribution >= 4 is 5.78 Å². The van der Waals surface area contributed by atoms with E-state index in [0.29, 0.717) is 6.54 Å². The van der Waals surface area contributed by atoms with Crippen molar-refractivity contribution in [2.75, 3.05) is 53.0 Å². The minimum Gasteiger partial charge on any atom is -0.496 e. The zero-order valence-electron chi connectivity index (χ0n) is 12.9. The van der Waals surface area contributed by atoms with Gasteiger partial charge in [-0.1, -0.05) is 0 Å². The standard InChI is InChI=1S/C16H24N2O3/c1-13-11-14(3-4-16(13)20-2)15(19)12-17-5-6-18-7-9-21-10-8-18/h3-4,11,17H,5-10,12H2,1-2H3. The number of methoxy groups -OCH3 is 1. The van der Waals surface area contributed by atoms with Crippen molar-refractivity contribution in [2.45, 2.75) is 6.92 Å². The first-order valence-corrected chi connectivity index (χ1v) is 7.39. The highest BCUT2D eigenvalue weighted by Gasteiger charge is 2.11. The molecule has 1 fully saturated rings. The number of morpholine rings is 1. The summed E-state index contributed by atoms with van der Waals surface area (Å²) in [6.07, 6.45) is 0. The van der Waals surface area contributed by atoms with E-state index in [0.717, 1.165) is 56.3 Å². The van der Waals surface area contributed by atoms with Crippen LogP contribution in [0.1, 0.15) is 15.9 Å². The van der Waals surface area contributed by atoms with Crippen LogP contribution in [-0.2, 0) is 4.74 Å². The second kappa shape index (κ2) is 8.12. The Labute approximate surface area is 126 Å². The van der Waals surface area contributed by atoms with Crippen molar-refractivity contribution in [3.63, 3.8) is 0 Å². The number of hydrogen-bond donors (Lipinski definition) is 1. The molecule has 21 heavy (non-hydrogen) atoms. The molecule has 2 rings (SSSR count). The predicted molar refractivity (Wildman–Crippen MR) is 82.2 cm³/mol. The van der Waals surface area contributed by atoms with E-state index in [4.69, 9.17) is 9.47 Å². The van der Waals surface area contributed by atoms with Gasteiger partial charge in [-0.3, -0.25) is 9.69 Å². The van der Waals surface area contributed by atoms with Gasteiger partial charge in [0, 0.05) is 31.7 Å². The molecular formula is C16H24N2O3. The SMILES string of the molecule is COc1ccc(C(=O)CNCCN2CCOCC2)cc1C. The van der Waals surface area contributed by atoms with Crippen LogP contribution in [0.25, 0.3) is 0 Å². The average Bonchev–Trinajstić information content (AvgIpc) is 2.52. The van der Waals surface area contributed by atoms with E-state index in [1.165, 1.54) is 0 Å². The molecule has 0 radical (unpaired) electrons. The van der Waals surface area contributed by atoms with E-state index in [2.05, 4.69) is 10.2 Å². The van der Waals surface area contributed by atoms with Gasteiger partial charge in [0.15, 0.2) is 5.78 Å². The van der Waals surface area contributed by atoms with E-state index >= 15 is 0 Å². The van der Waals surface area contributed by atoms with Crippen molar-refractivity contribution in [3.05, 3.63) is 29.3 Å². The Bertz CT molecular complexity index is 471. The number of benzene rings is 1. The maximum atomic E-state index is 12.1. The molecular weight excluding hydrogens is 268 g/mol. The summed E-state index contributed by atoms with van der Waals surface area (Å²) in [5, 5.41) is 3.22. The Morgan fingerprint density at radius 2 is 2.14 bits per heavy atom. The lowest BCUT2D eigenvalue weighted by atomic mass is 10.1. The fourth-order valence-electron chi connectivity index (χ4n) is 2.42. The van der Waals surface area contributed by atoms with E-state index in [1.807, 2.05) is 25.1 Å². The smallest absolute Gasteiger partial charge is 0.176 e. The van der Waals surface area contributed by atoms with Crippen molar-refractivity contribution in [1.82, 2.24) is 10.2 Å². The van der Waals surface area contributed by atoms with Crippen LogP contribution in [0.15, 0.2) is 18.2 Å². The van der Waals surface area contributed by atoms with E-state index in [-0.39, 0.29) is 5.78 Å². The lowest BCUT2D eigenvalue weighted by molar-refractivity contribution is 0.0384. The van der Waals surface area contributed by atoms with Gasteiger partial charge in [-0.05, 0) is 30.7 Å². The zero-order valence-corrected chi connectivity index (χ0v) is 12.9. The number of ether oxygens (including phenoxy) is 2. The van der Waals surface area contributed by atoms with Gasteiger partial charge < -0.3 is 14.8 Å². The molecule has 1 aliphatic rings. The number of rotatable bonds is 7. The molecule has 1 N–H and O–H groups in total. The van der Waals surface area contributed by atoms with Crippen molar-refractivity contribution in [1.29, 1.82) is 0 Å². The third-order valence-electron chi connectivity index (χ3n) is 3.71. The second-order valence-electron chi connectivity index (χ2n) is 5.24. The lowest BCUT2D eigenvalue weighted by Gasteiger charge is -2.26. The maximum Gasteiger partial charge on any atom is 0.176 e. The minimum atomic E-state index is 0.114. The average molecular weight is 292 g/mol. The van der Waals surface area contributed by atoms with Gasteiger partial charge in [-0.15, -0.1) is 0 Å². The normalized spacial score (nSPS) is 15.9. The van der Waals surface area contributed by atoms with Gasteiger partial charge in [0.05, 0.1) is 26.9 Å². The summed E-state index contributed by atoms with van der Waals surface area (Å²) in [6, 6.07) is 5.54. The van der Waals surface area contributed by atoms with E-state index < -0.39 is 0 Å². The first-order valence-electron chi connectivity index (χ1n) is 7.39. The van der Waals surface area contributed by atoms with E-state index in [1.54, 1.807) is 7.11 Å². The summed E-state index contributed by atoms with van der Waals surface area (Å²) < 4.78 is 10.5. The number of nitrogens with one attached hydrogen (secondary N) is 1. The molecule has 0 atom stereocenters. The number of carbonyl (C=O) groups excluding carboxylic acids is 1. The molecule has 0 bridgehead atoms. The van der Waals surface area contributed by atoms with Crippen LogP contribution < -0.4 is 10.1 Å². The molecule has 5 heteroatoms. The summed E-state index contributed by atoms with van der Waals surface area (Å²) in [6.45, 7) is 7.67. The number of nitrogens with zero attached hydrogens (tertiary/aromatic N) is 1. The molecule has 1 aliphatic heterocycles. The molecule has 0 saturated carbocycles. The first-order chi connectivity index (χ1) is 10.2.